The van der Waals surface area contributed by atoms with Crippen LogP contribution in [0.5, 0.6) is 5.75 Å². The van der Waals surface area contributed by atoms with E-state index in [-0.39, 0.29) is 11.9 Å². The quantitative estimate of drug-likeness (QED) is 0.624. The number of carbonyl (C=O) groups is 1. The highest BCUT2D eigenvalue weighted by atomic mass is 35.5. The lowest BCUT2D eigenvalue weighted by Gasteiger charge is -2.32. The molecule has 1 aliphatic rings. The maximum absolute atomic E-state index is 12.9. The number of aromatic amines is 1. The van der Waals surface area contributed by atoms with Gasteiger partial charge in [-0.05, 0) is 54.8 Å². The van der Waals surface area contributed by atoms with Gasteiger partial charge in [-0.1, -0.05) is 23.7 Å². The fraction of sp³-hybridized carbons (Fsp3) is 0.304. The summed E-state index contributed by atoms with van der Waals surface area (Å²) in [7, 11) is 1.63. The van der Waals surface area contributed by atoms with Crippen LogP contribution in [0.1, 0.15) is 28.8 Å². The van der Waals surface area contributed by atoms with Gasteiger partial charge in [-0.25, -0.2) is 0 Å². The second kappa shape index (κ2) is 9.32. The van der Waals surface area contributed by atoms with Crippen LogP contribution in [0, 0.1) is 0 Å². The summed E-state index contributed by atoms with van der Waals surface area (Å²) in [4.78, 5) is 15.3. The number of H-pyrrole nitrogens is 1. The van der Waals surface area contributed by atoms with Gasteiger partial charge in [0.1, 0.15) is 5.75 Å². The Morgan fingerprint density at radius 2 is 1.87 bits per heavy atom. The minimum Gasteiger partial charge on any atom is -0.497 e. The first-order chi connectivity index (χ1) is 14.6. The Bertz CT molecular complexity index is 977. The first-order valence-corrected chi connectivity index (χ1v) is 10.5. The van der Waals surface area contributed by atoms with E-state index in [2.05, 4.69) is 32.5 Å². The lowest BCUT2D eigenvalue weighted by Crippen LogP contribution is -2.44. The highest BCUT2D eigenvalue weighted by molar-refractivity contribution is 6.30. The largest absolute Gasteiger partial charge is 0.497 e. The van der Waals surface area contributed by atoms with E-state index >= 15 is 0 Å². The van der Waals surface area contributed by atoms with Crippen molar-refractivity contribution in [2.45, 2.75) is 25.4 Å². The molecule has 1 saturated heterocycles. The van der Waals surface area contributed by atoms with Crippen LogP contribution < -0.4 is 10.1 Å². The van der Waals surface area contributed by atoms with Crippen LogP contribution in [0.3, 0.4) is 0 Å². The minimum absolute atomic E-state index is 0.0919. The monoisotopic (exact) mass is 424 g/mol. The van der Waals surface area contributed by atoms with Gasteiger partial charge in [0.05, 0.1) is 24.6 Å². The SMILES string of the molecule is COc1ccc(-c2[nH]ncc2C(=O)NC2CCN(Cc3ccc(Cl)cc3)CC2)cc1. The van der Waals surface area contributed by atoms with Crippen molar-refractivity contribution in [2.75, 3.05) is 20.2 Å². The van der Waals surface area contributed by atoms with E-state index in [4.69, 9.17) is 16.3 Å². The second-order valence-electron chi connectivity index (χ2n) is 7.54. The molecule has 7 heteroatoms. The summed E-state index contributed by atoms with van der Waals surface area (Å²) in [6, 6.07) is 15.7. The number of piperidine rings is 1. The summed E-state index contributed by atoms with van der Waals surface area (Å²) in [5, 5.41) is 11.0. The zero-order valence-electron chi connectivity index (χ0n) is 16.9. The molecule has 0 radical (unpaired) electrons. The van der Waals surface area contributed by atoms with Crippen LogP contribution in [-0.4, -0.2) is 47.2 Å². The van der Waals surface area contributed by atoms with Crippen LogP contribution in [0.25, 0.3) is 11.3 Å². The van der Waals surface area contributed by atoms with Gasteiger partial charge < -0.3 is 10.1 Å². The van der Waals surface area contributed by atoms with Crippen LogP contribution >= 0.6 is 11.6 Å². The van der Waals surface area contributed by atoms with Gasteiger partial charge in [-0.3, -0.25) is 14.8 Å². The number of likely N-dealkylation sites (tertiary alicyclic amines) is 1. The third-order valence-electron chi connectivity index (χ3n) is 5.50. The molecule has 0 bridgehead atoms. The predicted molar refractivity (Wildman–Crippen MR) is 118 cm³/mol. The van der Waals surface area contributed by atoms with Gasteiger partial charge in [0.2, 0.25) is 0 Å². The molecule has 30 heavy (non-hydrogen) atoms. The number of amides is 1. The first-order valence-electron chi connectivity index (χ1n) is 10.1. The Balaban J connectivity index is 1.33. The zero-order chi connectivity index (χ0) is 20.9. The number of nitrogens with one attached hydrogen (secondary N) is 2. The molecule has 156 valence electrons. The van der Waals surface area contributed by atoms with Gasteiger partial charge in [0.25, 0.3) is 5.91 Å². The molecule has 6 nitrogen and oxygen atoms in total. The van der Waals surface area contributed by atoms with E-state index < -0.39 is 0 Å². The molecule has 1 aromatic heterocycles. The van der Waals surface area contributed by atoms with E-state index in [1.165, 1.54) is 5.56 Å². The van der Waals surface area contributed by atoms with E-state index in [0.29, 0.717) is 5.56 Å². The molecule has 0 unspecified atom stereocenters. The van der Waals surface area contributed by atoms with Crippen LogP contribution in [0.4, 0.5) is 0 Å². The summed E-state index contributed by atoms with van der Waals surface area (Å²) in [6.45, 7) is 2.80. The molecular formula is C23H25ClN4O2. The molecule has 1 amide bonds. The summed E-state index contributed by atoms with van der Waals surface area (Å²) >= 11 is 5.96. The lowest BCUT2D eigenvalue weighted by molar-refractivity contribution is 0.0909. The normalized spacial score (nSPS) is 15.1. The number of hydrogen-bond donors (Lipinski definition) is 2. The number of halogens is 1. The molecule has 2 aromatic carbocycles. The molecule has 3 aromatic rings. The molecule has 1 aliphatic heterocycles. The average molecular weight is 425 g/mol. The zero-order valence-corrected chi connectivity index (χ0v) is 17.7. The minimum atomic E-state index is -0.0919. The predicted octanol–water partition coefficient (Wildman–Crippen LogP) is 4.13. The van der Waals surface area contributed by atoms with Crippen molar-refractivity contribution in [1.29, 1.82) is 0 Å². The number of benzene rings is 2. The number of methoxy groups -OCH3 is 1. The molecule has 2 N–H and O–H groups in total. The summed E-state index contributed by atoms with van der Waals surface area (Å²) < 4.78 is 5.20. The van der Waals surface area contributed by atoms with E-state index in [9.17, 15) is 4.79 Å². The number of carbonyl (C=O) groups excluding carboxylic acids is 1. The number of aromatic nitrogens is 2. The topological polar surface area (TPSA) is 70.2 Å². The molecule has 4 rings (SSSR count). The van der Waals surface area contributed by atoms with Gasteiger partial charge in [0, 0.05) is 36.3 Å². The standard InChI is InChI=1S/C23H25ClN4O2/c1-30-20-8-4-17(5-9-20)22-21(14-25-27-22)23(29)26-19-10-12-28(13-11-19)15-16-2-6-18(24)7-3-16/h2-9,14,19H,10-13,15H2,1H3,(H,25,27)(H,26,29). The van der Waals surface area contributed by atoms with Gasteiger partial charge in [-0.2, -0.15) is 5.10 Å². The molecule has 0 saturated carbocycles. The van der Waals surface area contributed by atoms with Crippen molar-refractivity contribution in [3.05, 3.63) is 70.9 Å². The van der Waals surface area contributed by atoms with Crippen molar-refractivity contribution >= 4 is 17.5 Å². The number of nitrogens with zero attached hydrogens (tertiary/aromatic N) is 2. The number of rotatable bonds is 6. The van der Waals surface area contributed by atoms with Crippen LogP contribution in [0.2, 0.25) is 5.02 Å². The molecule has 0 spiro atoms. The summed E-state index contributed by atoms with van der Waals surface area (Å²) in [5.74, 6) is 0.681. The lowest BCUT2D eigenvalue weighted by atomic mass is 10.0. The van der Waals surface area contributed by atoms with Crippen molar-refractivity contribution in [3.63, 3.8) is 0 Å². The Hall–Kier alpha value is -2.83. The molecule has 2 heterocycles. The van der Waals surface area contributed by atoms with Crippen LogP contribution in [-0.2, 0) is 6.54 Å². The van der Waals surface area contributed by atoms with Crippen molar-refractivity contribution in [2.24, 2.45) is 0 Å². The van der Waals surface area contributed by atoms with Gasteiger partial charge in [0.15, 0.2) is 0 Å². The fourth-order valence-corrected chi connectivity index (χ4v) is 3.91. The summed E-state index contributed by atoms with van der Waals surface area (Å²) in [5.41, 5.74) is 3.43. The second-order valence-corrected chi connectivity index (χ2v) is 7.97. The Morgan fingerprint density at radius 1 is 1.17 bits per heavy atom. The van der Waals surface area contributed by atoms with Crippen molar-refractivity contribution in [1.82, 2.24) is 20.4 Å². The van der Waals surface area contributed by atoms with Crippen LogP contribution in [0.15, 0.2) is 54.7 Å². The van der Waals surface area contributed by atoms with E-state index in [0.717, 1.165) is 54.5 Å². The Kier molecular flexibility index (Phi) is 6.35. The first kappa shape index (κ1) is 20.4. The maximum Gasteiger partial charge on any atom is 0.255 e. The average Bonchev–Trinajstić information content (AvgIpc) is 3.27. The smallest absolute Gasteiger partial charge is 0.255 e. The number of ether oxygens (including phenoxy) is 1. The van der Waals surface area contributed by atoms with Gasteiger partial charge >= 0.3 is 0 Å². The third-order valence-corrected chi connectivity index (χ3v) is 5.76. The molecule has 0 atom stereocenters. The highest BCUT2D eigenvalue weighted by Crippen LogP contribution is 2.24. The molecular weight excluding hydrogens is 400 g/mol. The Morgan fingerprint density at radius 3 is 2.53 bits per heavy atom. The molecule has 0 aliphatic carbocycles. The maximum atomic E-state index is 12.9. The third kappa shape index (κ3) is 4.83. The molecule has 1 fully saturated rings. The fourth-order valence-electron chi connectivity index (χ4n) is 3.78. The summed E-state index contributed by atoms with van der Waals surface area (Å²) in [6.07, 6.45) is 3.44. The number of hydrogen-bond acceptors (Lipinski definition) is 4. The van der Waals surface area contributed by atoms with Crippen molar-refractivity contribution in [3.8, 4) is 17.0 Å². The highest BCUT2D eigenvalue weighted by Gasteiger charge is 2.23. The van der Waals surface area contributed by atoms with E-state index in [1.807, 2.05) is 36.4 Å². The Labute approximate surface area is 181 Å². The van der Waals surface area contributed by atoms with Gasteiger partial charge in [-0.15, -0.1) is 0 Å². The van der Waals surface area contributed by atoms with E-state index in [1.54, 1.807) is 13.3 Å². The van der Waals surface area contributed by atoms with Crippen molar-refractivity contribution < 1.29 is 9.53 Å².